The zero-order valence-corrected chi connectivity index (χ0v) is 9.80. The van der Waals surface area contributed by atoms with Crippen LogP contribution in [-0.4, -0.2) is 36.1 Å². The fourth-order valence-corrected chi connectivity index (χ4v) is 2.03. The number of carbonyl (C=O) groups excluding carboxylic acids is 1. The molecule has 0 amide bonds. The third kappa shape index (κ3) is 2.64. The van der Waals surface area contributed by atoms with Crippen molar-refractivity contribution in [2.24, 2.45) is 5.92 Å². The number of aromatic nitrogens is 2. The lowest BCUT2D eigenvalue weighted by molar-refractivity contribution is -0.145. The van der Waals surface area contributed by atoms with Gasteiger partial charge in [-0.05, 0) is 18.9 Å². The lowest BCUT2D eigenvalue weighted by atomic mass is 9.98. The zero-order chi connectivity index (χ0) is 12.3. The Hall–Kier alpha value is -1.85. The van der Waals surface area contributed by atoms with Gasteiger partial charge in [0.1, 0.15) is 5.82 Å². The Morgan fingerprint density at radius 1 is 1.65 bits per heavy atom. The molecule has 92 valence electrons. The molecule has 1 fully saturated rings. The molecule has 1 aliphatic heterocycles. The number of anilines is 2. The van der Waals surface area contributed by atoms with Crippen LogP contribution >= 0.6 is 0 Å². The van der Waals surface area contributed by atoms with Crippen LogP contribution in [0, 0.1) is 5.92 Å². The Morgan fingerprint density at radius 2 is 2.47 bits per heavy atom. The van der Waals surface area contributed by atoms with Gasteiger partial charge in [0.05, 0.1) is 13.0 Å². The molecule has 0 aliphatic carbocycles. The number of esters is 1. The van der Waals surface area contributed by atoms with E-state index in [-0.39, 0.29) is 11.9 Å². The molecular formula is C11H16N4O2. The highest BCUT2D eigenvalue weighted by Gasteiger charge is 2.27. The van der Waals surface area contributed by atoms with Gasteiger partial charge < -0.3 is 15.4 Å². The first-order valence-corrected chi connectivity index (χ1v) is 5.62. The monoisotopic (exact) mass is 236 g/mol. The van der Waals surface area contributed by atoms with Crippen molar-refractivity contribution in [2.45, 2.75) is 12.8 Å². The smallest absolute Gasteiger partial charge is 0.310 e. The molecule has 0 bridgehead atoms. The molecule has 1 aliphatic rings. The molecule has 6 heteroatoms. The summed E-state index contributed by atoms with van der Waals surface area (Å²) in [4.78, 5) is 21.8. The first-order valence-electron chi connectivity index (χ1n) is 5.62. The minimum Gasteiger partial charge on any atom is -0.469 e. The van der Waals surface area contributed by atoms with Crippen LogP contribution in [-0.2, 0) is 9.53 Å². The van der Waals surface area contributed by atoms with Crippen molar-refractivity contribution in [1.29, 1.82) is 0 Å². The van der Waals surface area contributed by atoms with Gasteiger partial charge in [-0.1, -0.05) is 0 Å². The van der Waals surface area contributed by atoms with E-state index < -0.39 is 0 Å². The second kappa shape index (κ2) is 4.99. The summed E-state index contributed by atoms with van der Waals surface area (Å²) in [5.74, 6) is 0.756. The normalized spacial score (nSPS) is 20.1. The quantitative estimate of drug-likeness (QED) is 0.751. The molecule has 0 radical (unpaired) electrons. The molecule has 0 saturated carbocycles. The van der Waals surface area contributed by atoms with E-state index >= 15 is 0 Å². The summed E-state index contributed by atoms with van der Waals surface area (Å²) in [6.07, 6.45) is 3.41. The van der Waals surface area contributed by atoms with E-state index in [0.717, 1.165) is 19.4 Å². The Bertz CT molecular complexity index is 410. The molecule has 1 aromatic heterocycles. The molecule has 2 N–H and O–H groups in total. The molecule has 1 saturated heterocycles. The Morgan fingerprint density at radius 3 is 3.18 bits per heavy atom. The van der Waals surface area contributed by atoms with E-state index in [4.69, 9.17) is 10.5 Å². The molecule has 2 rings (SSSR count). The highest BCUT2D eigenvalue weighted by Crippen LogP contribution is 2.21. The van der Waals surface area contributed by atoms with Crippen LogP contribution < -0.4 is 10.6 Å². The van der Waals surface area contributed by atoms with Crippen molar-refractivity contribution in [3.8, 4) is 0 Å². The molecular weight excluding hydrogens is 220 g/mol. The fraction of sp³-hybridized carbons (Fsp3) is 0.545. The van der Waals surface area contributed by atoms with Gasteiger partial charge in [0.15, 0.2) is 0 Å². The molecule has 1 aromatic rings. The average Bonchev–Trinajstić information content (AvgIpc) is 2.38. The standard InChI is InChI=1S/C11H16N4O2/c1-17-10(16)8-3-2-6-15(7-8)11-13-5-4-9(12)14-11/h4-5,8H,2-3,6-7H2,1H3,(H2,12,13,14). The van der Waals surface area contributed by atoms with Gasteiger partial charge in [0, 0.05) is 19.3 Å². The SMILES string of the molecule is COC(=O)C1CCCN(c2nccc(N)n2)C1. The largest absolute Gasteiger partial charge is 0.469 e. The maximum atomic E-state index is 11.5. The van der Waals surface area contributed by atoms with Crippen molar-refractivity contribution in [2.75, 3.05) is 30.8 Å². The van der Waals surface area contributed by atoms with Crippen LogP contribution in [0.25, 0.3) is 0 Å². The topological polar surface area (TPSA) is 81.3 Å². The summed E-state index contributed by atoms with van der Waals surface area (Å²) < 4.78 is 4.77. The number of ether oxygens (including phenoxy) is 1. The van der Waals surface area contributed by atoms with E-state index in [0.29, 0.717) is 18.3 Å². The van der Waals surface area contributed by atoms with Crippen LogP contribution in [0.15, 0.2) is 12.3 Å². The van der Waals surface area contributed by atoms with E-state index in [1.807, 2.05) is 4.90 Å². The lowest BCUT2D eigenvalue weighted by Gasteiger charge is -2.31. The van der Waals surface area contributed by atoms with Crippen LogP contribution in [0.3, 0.4) is 0 Å². The van der Waals surface area contributed by atoms with Crippen LogP contribution in [0.2, 0.25) is 0 Å². The highest BCUT2D eigenvalue weighted by atomic mass is 16.5. The summed E-state index contributed by atoms with van der Waals surface area (Å²) in [7, 11) is 1.41. The Labute approximate surface area is 99.8 Å². The molecule has 6 nitrogen and oxygen atoms in total. The summed E-state index contributed by atoms with van der Waals surface area (Å²) >= 11 is 0. The number of hydrogen-bond donors (Lipinski definition) is 1. The predicted molar refractivity (Wildman–Crippen MR) is 63.4 cm³/mol. The molecule has 1 unspecified atom stereocenters. The second-order valence-corrected chi connectivity index (χ2v) is 4.09. The van der Waals surface area contributed by atoms with E-state index in [2.05, 4.69) is 9.97 Å². The first-order chi connectivity index (χ1) is 8.20. The number of hydrogen-bond acceptors (Lipinski definition) is 6. The van der Waals surface area contributed by atoms with Gasteiger partial charge in [-0.2, -0.15) is 4.98 Å². The van der Waals surface area contributed by atoms with Gasteiger partial charge in [-0.15, -0.1) is 0 Å². The third-order valence-electron chi connectivity index (χ3n) is 2.90. The minimum atomic E-state index is -0.168. The molecule has 2 heterocycles. The van der Waals surface area contributed by atoms with Crippen molar-refractivity contribution < 1.29 is 9.53 Å². The fourth-order valence-electron chi connectivity index (χ4n) is 2.03. The molecule has 17 heavy (non-hydrogen) atoms. The van der Waals surface area contributed by atoms with Crippen LogP contribution in [0.1, 0.15) is 12.8 Å². The summed E-state index contributed by atoms with van der Waals surface area (Å²) in [5.41, 5.74) is 5.62. The van der Waals surface area contributed by atoms with Gasteiger partial charge in [-0.3, -0.25) is 4.79 Å². The number of nitrogens with zero attached hydrogens (tertiary/aromatic N) is 3. The lowest BCUT2D eigenvalue weighted by Crippen LogP contribution is -2.40. The summed E-state index contributed by atoms with van der Waals surface area (Å²) in [6.45, 7) is 1.44. The van der Waals surface area contributed by atoms with E-state index in [1.165, 1.54) is 7.11 Å². The van der Waals surface area contributed by atoms with Crippen molar-refractivity contribution in [1.82, 2.24) is 9.97 Å². The minimum absolute atomic E-state index is 0.0984. The van der Waals surface area contributed by atoms with E-state index in [1.54, 1.807) is 12.3 Å². The number of methoxy groups -OCH3 is 1. The van der Waals surface area contributed by atoms with Crippen molar-refractivity contribution >= 4 is 17.7 Å². The first kappa shape index (κ1) is 11.6. The second-order valence-electron chi connectivity index (χ2n) is 4.09. The van der Waals surface area contributed by atoms with Crippen molar-refractivity contribution in [3.05, 3.63) is 12.3 Å². The average molecular weight is 236 g/mol. The molecule has 0 spiro atoms. The van der Waals surface area contributed by atoms with Crippen molar-refractivity contribution in [3.63, 3.8) is 0 Å². The Balaban J connectivity index is 2.09. The summed E-state index contributed by atoms with van der Waals surface area (Å²) in [5, 5.41) is 0. The number of nitrogens with two attached hydrogens (primary N) is 1. The maximum absolute atomic E-state index is 11.5. The van der Waals surface area contributed by atoms with Crippen LogP contribution in [0.5, 0.6) is 0 Å². The van der Waals surface area contributed by atoms with Gasteiger partial charge >= 0.3 is 5.97 Å². The Kier molecular flexibility index (Phi) is 3.41. The molecule has 0 aromatic carbocycles. The number of nitrogen functional groups attached to an aromatic ring is 1. The van der Waals surface area contributed by atoms with Crippen LogP contribution in [0.4, 0.5) is 11.8 Å². The van der Waals surface area contributed by atoms with Gasteiger partial charge in [0.2, 0.25) is 5.95 Å². The number of rotatable bonds is 2. The van der Waals surface area contributed by atoms with E-state index in [9.17, 15) is 4.79 Å². The summed E-state index contributed by atoms with van der Waals surface area (Å²) in [6, 6.07) is 1.64. The predicted octanol–water partition coefficient (Wildman–Crippen LogP) is 0.448. The highest BCUT2D eigenvalue weighted by molar-refractivity contribution is 5.73. The number of piperidine rings is 1. The number of carbonyl (C=O) groups is 1. The van der Waals surface area contributed by atoms with Gasteiger partial charge in [0.25, 0.3) is 0 Å². The van der Waals surface area contributed by atoms with Gasteiger partial charge in [-0.25, -0.2) is 4.98 Å². The zero-order valence-electron chi connectivity index (χ0n) is 9.80. The third-order valence-corrected chi connectivity index (χ3v) is 2.90. The molecule has 1 atom stereocenters. The maximum Gasteiger partial charge on any atom is 0.310 e.